The number of piperidine rings is 1. The summed E-state index contributed by atoms with van der Waals surface area (Å²) in [5.41, 5.74) is 1.24. The second-order valence-electron chi connectivity index (χ2n) is 6.49. The number of benzene rings is 1. The number of anilines is 1. The van der Waals surface area contributed by atoms with E-state index in [0.29, 0.717) is 0 Å². The van der Waals surface area contributed by atoms with Crippen LogP contribution in [0.3, 0.4) is 0 Å². The largest absolute Gasteiger partial charge is 0.385 e. The molecule has 2 aliphatic heterocycles. The maximum Gasteiger partial charge on any atom is 0.0340 e. The van der Waals surface area contributed by atoms with Crippen molar-refractivity contribution in [3.05, 3.63) is 30.3 Å². The third-order valence-electron chi connectivity index (χ3n) is 4.93. The Bertz CT molecular complexity index is 419. The van der Waals surface area contributed by atoms with Gasteiger partial charge >= 0.3 is 0 Å². The van der Waals surface area contributed by atoms with Gasteiger partial charge in [0.25, 0.3) is 0 Å². The third kappa shape index (κ3) is 7.37. The van der Waals surface area contributed by atoms with Gasteiger partial charge in [0.15, 0.2) is 0 Å². The van der Waals surface area contributed by atoms with E-state index in [0.717, 1.165) is 12.6 Å². The Morgan fingerprint density at radius 3 is 2.50 bits per heavy atom. The van der Waals surface area contributed by atoms with Crippen LogP contribution in [0.2, 0.25) is 0 Å². The minimum absolute atomic E-state index is 0. The van der Waals surface area contributed by atoms with Gasteiger partial charge in [-0.05, 0) is 50.9 Å². The molecule has 140 valence electrons. The molecule has 1 N–H and O–H groups in total. The molecule has 2 heterocycles. The SMILES string of the molecule is Cl.Cl.Cl.c1ccc(NCCCCN2CCN3CCCCC3C2)cc1. The molecule has 2 saturated heterocycles. The summed E-state index contributed by atoms with van der Waals surface area (Å²) in [6.07, 6.45) is 6.86. The number of halogens is 3. The number of nitrogens with zero attached hydrogens (tertiary/aromatic N) is 2. The van der Waals surface area contributed by atoms with Gasteiger partial charge in [-0.2, -0.15) is 0 Å². The molecule has 0 aromatic heterocycles. The normalized spacial score (nSPS) is 20.8. The van der Waals surface area contributed by atoms with E-state index in [1.165, 1.54) is 70.5 Å². The van der Waals surface area contributed by atoms with E-state index in [9.17, 15) is 0 Å². The smallest absolute Gasteiger partial charge is 0.0340 e. The fourth-order valence-corrected chi connectivity index (χ4v) is 3.67. The minimum atomic E-state index is 0. The van der Waals surface area contributed by atoms with Gasteiger partial charge in [0.2, 0.25) is 0 Å². The predicted octanol–water partition coefficient (Wildman–Crippen LogP) is 4.31. The molecule has 6 heteroatoms. The predicted molar refractivity (Wildman–Crippen MR) is 112 cm³/mol. The summed E-state index contributed by atoms with van der Waals surface area (Å²) in [6, 6.07) is 11.4. The molecule has 1 atom stereocenters. The molecule has 2 aliphatic rings. The molecule has 0 amide bonds. The summed E-state index contributed by atoms with van der Waals surface area (Å²) < 4.78 is 0. The second-order valence-corrected chi connectivity index (χ2v) is 6.49. The molecular formula is C18H32Cl3N3. The summed E-state index contributed by atoms with van der Waals surface area (Å²) in [5, 5.41) is 3.50. The van der Waals surface area contributed by atoms with E-state index in [1.54, 1.807) is 0 Å². The Hall–Kier alpha value is -0.190. The molecule has 1 aromatic carbocycles. The van der Waals surface area contributed by atoms with Crippen molar-refractivity contribution in [2.45, 2.75) is 38.1 Å². The van der Waals surface area contributed by atoms with Crippen LogP contribution in [0.25, 0.3) is 0 Å². The van der Waals surface area contributed by atoms with Gasteiger partial charge in [0.05, 0.1) is 0 Å². The minimum Gasteiger partial charge on any atom is -0.385 e. The number of rotatable bonds is 6. The summed E-state index contributed by atoms with van der Waals surface area (Å²) in [7, 11) is 0. The van der Waals surface area contributed by atoms with Crippen LogP contribution < -0.4 is 5.32 Å². The summed E-state index contributed by atoms with van der Waals surface area (Å²) in [5.74, 6) is 0. The summed E-state index contributed by atoms with van der Waals surface area (Å²) in [6.45, 7) is 7.61. The van der Waals surface area contributed by atoms with E-state index in [-0.39, 0.29) is 37.2 Å². The van der Waals surface area contributed by atoms with Gasteiger partial charge in [0.1, 0.15) is 0 Å². The molecule has 0 radical (unpaired) electrons. The lowest BCUT2D eigenvalue weighted by atomic mass is 9.99. The maximum absolute atomic E-state index is 3.50. The fraction of sp³-hybridized carbons (Fsp3) is 0.667. The highest BCUT2D eigenvalue weighted by atomic mass is 35.5. The van der Waals surface area contributed by atoms with Crippen LogP contribution in [0.15, 0.2) is 30.3 Å². The zero-order valence-corrected chi connectivity index (χ0v) is 16.8. The van der Waals surface area contributed by atoms with Gasteiger partial charge in [-0.1, -0.05) is 24.6 Å². The molecule has 0 spiro atoms. The van der Waals surface area contributed by atoms with Crippen LogP contribution >= 0.6 is 37.2 Å². The van der Waals surface area contributed by atoms with E-state index in [2.05, 4.69) is 45.4 Å². The number of unbranched alkanes of at least 4 members (excludes halogenated alkanes) is 1. The first-order valence-corrected chi connectivity index (χ1v) is 8.67. The lowest BCUT2D eigenvalue weighted by Crippen LogP contribution is -2.54. The second kappa shape index (κ2) is 13.1. The first-order valence-electron chi connectivity index (χ1n) is 8.67. The molecule has 1 aromatic rings. The topological polar surface area (TPSA) is 18.5 Å². The van der Waals surface area contributed by atoms with Crippen molar-refractivity contribution in [3.8, 4) is 0 Å². The van der Waals surface area contributed by atoms with E-state index < -0.39 is 0 Å². The van der Waals surface area contributed by atoms with E-state index in [4.69, 9.17) is 0 Å². The van der Waals surface area contributed by atoms with Gasteiger partial charge in [-0.3, -0.25) is 4.90 Å². The van der Waals surface area contributed by atoms with Gasteiger partial charge < -0.3 is 10.2 Å². The lowest BCUT2D eigenvalue weighted by molar-refractivity contribution is 0.0488. The van der Waals surface area contributed by atoms with Crippen LogP contribution in [-0.2, 0) is 0 Å². The molecule has 3 rings (SSSR count). The molecular weight excluding hydrogens is 365 g/mol. The van der Waals surface area contributed by atoms with Gasteiger partial charge in [-0.15, -0.1) is 37.2 Å². The Balaban J connectivity index is 0.00000176. The lowest BCUT2D eigenvalue weighted by Gasteiger charge is -2.44. The fourth-order valence-electron chi connectivity index (χ4n) is 3.67. The highest BCUT2D eigenvalue weighted by Gasteiger charge is 2.28. The Morgan fingerprint density at radius 2 is 1.71 bits per heavy atom. The average Bonchev–Trinajstić information content (AvgIpc) is 2.55. The number of hydrogen-bond acceptors (Lipinski definition) is 3. The van der Waals surface area contributed by atoms with Crippen molar-refractivity contribution in [1.29, 1.82) is 0 Å². The first kappa shape index (κ1) is 23.8. The Labute approximate surface area is 165 Å². The number of piperazine rings is 1. The highest BCUT2D eigenvalue weighted by Crippen LogP contribution is 2.21. The monoisotopic (exact) mass is 395 g/mol. The van der Waals surface area contributed by atoms with Crippen molar-refractivity contribution in [2.24, 2.45) is 0 Å². The van der Waals surface area contributed by atoms with Crippen molar-refractivity contribution in [3.63, 3.8) is 0 Å². The molecule has 0 saturated carbocycles. The Morgan fingerprint density at radius 1 is 0.917 bits per heavy atom. The zero-order chi connectivity index (χ0) is 14.3. The van der Waals surface area contributed by atoms with Crippen LogP contribution in [0, 0.1) is 0 Å². The quantitative estimate of drug-likeness (QED) is 0.723. The van der Waals surface area contributed by atoms with Crippen molar-refractivity contribution >= 4 is 42.9 Å². The Kier molecular flexibility index (Phi) is 13.0. The first-order chi connectivity index (χ1) is 10.4. The number of fused-ring (bicyclic) bond motifs is 1. The summed E-state index contributed by atoms with van der Waals surface area (Å²) >= 11 is 0. The van der Waals surface area contributed by atoms with Crippen LogP contribution in [0.1, 0.15) is 32.1 Å². The van der Waals surface area contributed by atoms with Crippen LogP contribution in [0.4, 0.5) is 5.69 Å². The number of para-hydroxylation sites is 1. The standard InChI is InChI=1S/C18H29N3.3ClH/c1-2-8-17(9-3-1)19-11-5-7-12-20-14-15-21-13-6-4-10-18(21)16-20;;;/h1-3,8-9,18-19H,4-7,10-16H2;3*1H. The maximum atomic E-state index is 3.50. The van der Waals surface area contributed by atoms with Crippen LogP contribution in [0.5, 0.6) is 0 Å². The van der Waals surface area contributed by atoms with Crippen molar-refractivity contribution < 1.29 is 0 Å². The molecule has 0 bridgehead atoms. The van der Waals surface area contributed by atoms with Crippen molar-refractivity contribution in [2.75, 3.05) is 44.6 Å². The van der Waals surface area contributed by atoms with E-state index in [1.807, 2.05) is 0 Å². The van der Waals surface area contributed by atoms with Gasteiger partial charge in [0, 0.05) is 37.9 Å². The molecule has 24 heavy (non-hydrogen) atoms. The summed E-state index contributed by atoms with van der Waals surface area (Å²) in [4.78, 5) is 5.41. The molecule has 0 aliphatic carbocycles. The third-order valence-corrected chi connectivity index (χ3v) is 4.93. The average molecular weight is 397 g/mol. The highest BCUT2D eigenvalue weighted by molar-refractivity contribution is 5.86. The molecule has 3 nitrogen and oxygen atoms in total. The number of hydrogen-bond donors (Lipinski definition) is 1. The van der Waals surface area contributed by atoms with Gasteiger partial charge in [-0.25, -0.2) is 0 Å². The zero-order valence-electron chi connectivity index (χ0n) is 14.4. The molecule has 1 unspecified atom stereocenters. The molecule has 2 fully saturated rings. The van der Waals surface area contributed by atoms with Crippen LogP contribution in [-0.4, -0.2) is 55.1 Å². The number of nitrogens with one attached hydrogen (secondary N) is 1. The van der Waals surface area contributed by atoms with E-state index >= 15 is 0 Å². The van der Waals surface area contributed by atoms with Crippen molar-refractivity contribution in [1.82, 2.24) is 9.80 Å².